The molecule has 0 unspecified atom stereocenters. The van der Waals surface area contributed by atoms with Crippen molar-refractivity contribution in [2.24, 2.45) is 0 Å². The molecule has 2 aliphatic rings. The Hall–Kier alpha value is -0.200. The highest BCUT2D eigenvalue weighted by molar-refractivity contribution is 5.02. The topological polar surface area (TPSA) is 57.2 Å². The van der Waals surface area contributed by atoms with Gasteiger partial charge >= 0.3 is 0 Å². The summed E-state index contributed by atoms with van der Waals surface area (Å²) in [5.74, 6) is -0.647. The highest BCUT2D eigenvalue weighted by Crippen LogP contribution is 2.43. The summed E-state index contributed by atoms with van der Waals surface area (Å²) in [5, 5.41) is 9.34. The molecule has 2 aliphatic heterocycles. The third kappa shape index (κ3) is 1.68. The van der Waals surface area contributed by atoms with Crippen molar-refractivity contribution in [1.82, 2.24) is 0 Å². The van der Waals surface area contributed by atoms with E-state index in [1.807, 2.05) is 13.8 Å². The molecule has 0 aromatic rings. The summed E-state index contributed by atoms with van der Waals surface area (Å²) < 4.78 is 22.2. The van der Waals surface area contributed by atoms with Crippen LogP contribution < -0.4 is 0 Å². The van der Waals surface area contributed by atoms with E-state index in [4.69, 9.17) is 18.9 Å². The van der Waals surface area contributed by atoms with Gasteiger partial charge in [-0.05, 0) is 20.8 Å². The molecule has 0 aromatic carbocycles. The molecule has 88 valence electrons. The highest BCUT2D eigenvalue weighted by atomic mass is 16.8. The SMILES string of the molecule is CO[C@H]1O[C@@](C)(CO)[C@@H]2OC(C)(C)O[C@H]12. The van der Waals surface area contributed by atoms with Gasteiger partial charge in [0.05, 0.1) is 6.61 Å². The molecular formula is C10H18O5. The fourth-order valence-electron chi connectivity index (χ4n) is 2.17. The second-order valence-corrected chi connectivity index (χ2v) is 4.71. The minimum absolute atomic E-state index is 0.118. The average molecular weight is 218 g/mol. The lowest BCUT2D eigenvalue weighted by Crippen LogP contribution is -2.43. The van der Waals surface area contributed by atoms with Crippen LogP contribution in [0.25, 0.3) is 0 Å². The highest BCUT2D eigenvalue weighted by Gasteiger charge is 2.61. The summed E-state index contributed by atoms with van der Waals surface area (Å²) in [4.78, 5) is 0. The minimum Gasteiger partial charge on any atom is -0.393 e. The van der Waals surface area contributed by atoms with Gasteiger partial charge in [0.15, 0.2) is 12.1 Å². The summed E-state index contributed by atoms with van der Waals surface area (Å²) >= 11 is 0. The van der Waals surface area contributed by atoms with Crippen LogP contribution in [0, 0.1) is 0 Å². The summed E-state index contributed by atoms with van der Waals surface area (Å²) in [6.07, 6.45) is -1.04. The van der Waals surface area contributed by atoms with Crippen molar-refractivity contribution in [3.8, 4) is 0 Å². The molecular weight excluding hydrogens is 200 g/mol. The molecule has 2 heterocycles. The first kappa shape index (κ1) is 11.3. The van der Waals surface area contributed by atoms with Gasteiger partial charge in [0.2, 0.25) is 0 Å². The van der Waals surface area contributed by atoms with E-state index in [9.17, 15) is 5.11 Å². The van der Waals surface area contributed by atoms with E-state index in [0.29, 0.717) is 0 Å². The second kappa shape index (κ2) is 3.40. The largest absolute Gasteiger partial charge is 0.393 e. The van der Waals surface area contributed by atoms with E-state index >= 15 is 0 Å². The normalized spacial score (nSPS) is 48.2. The van der Waals surface area contributed by atoms with Crippen molar-refractivity contribution in [1.29, 1.82) is 0 Å². The van der Waals surface area contributed by atoms with Gasteiger partial charge in [0.1, 0.15) is 17.8 Å². The van der Waals surface area contributed by atoms with Crippen molar-refractivity contribution in [3.63, 3.8) is 0 Å². The average Bonchev–Trinajstić information content (AvgIpc) is 2.61. The molecule has 0 bridgehead atoms. The first-order valence-corrected chi connectivity index (χ1v) is 5.09. The van der Waals surface area contributed by atoms with E-state index in [1.54, 1.807) is 14.0 Å². The number of hydrogen-bond donors (Lipinski definition) is 1. The molecule has 1 N–H and O–H groups in total. The Labute approximate surface area is 89.3 Å². The standard InChI is InChI=1S/C10H18O5/c1-9(2)13-6-7(14-9)10(3,5-11)15-8(6)12-4/h6-8,11H,5H2,1-4H3/t6-,7+,8-,10-/m0/s1. The van der Waals surface area contributed by atoms with Gasteiger partial charge in [-0.1, -0.05) is 0 Å². The van der Waals surface area contributed by atoms with E-state index in [1.165, 1.54) is 0 Å². The number of fused-ring (bicyclic) bond motifs is 1. The van der Waals surface area contributed by atoms with Crippen molar-refractivity contribution in [2.45, 2.75) is 50.7 Å². The van der Waals surface area contributed by atoms with Crippen LogP contribution in [0.2, 0.25) is 0 Å². The van der Waals surface area contributed by atoms with Gasteiger partial charge in [-0.25, -0.2) is 0 Å². The number of rotatable bonds is 2. The van der Waals surface area contributed by atoms with Gasteiger partial charge in [-0.2, -0.15) is 0 Å². The molecule has 4 atom stereocenters. The smallest absolute Gasteiger partial charge is 0.187 e. The maximum Gasteiger partial charge on any atom is 0.187 e. The Bertz CT molecular complexity index is 254. The minimum atomic E-state index is -0.751. The summed E-state index contributed by atoms with van der Waals surface area (Å²) in [6, 6.07) is 0. The van der Waals surface area contributed by atoms with Crippen LogP contribution in [0.5, 0.6) is 0 Å². The van der Waals surface area contributed by atoms with Crippen LogP contribution in [-0.4, -0.2) is 48.7 Å². The molecule has 0 aliphatic carbocycles. The number of hydrogen-bond acceptors (Lipinski definition) is 5. The second-order valence-electron chi connectivity index (χ2n) is 4.71. The monoisotopic (exact) mass is 218 g/mol. The van der Waals surface area contributed by atoms with Crippen molar-refractivity contribution >= 4 is 0 Å². The summed E-state index contributed by atoms with van der Waals surface area (Å²) in [7, 11) is 1.56. The Morgan fingerprint density at radius 2 is 1.87 bits per heavy atom. The van der Waals surface area contributed by atoms with Crippen LogP contribution in [0.15, 0.2) is 0 Å². The zero-order valence-electron chi connectivity index (χ0n) is 9.52. The Morgan fingerprint density at radius 3 is 2.40 bits per heavy atom. The Kier molecular flexibility index (Phi) is 2.56. The van der Waals surface area contributed by atoms with Crippen LogP contribution in [0.4, 0.5) is 0 Å². The van der Waals surface area contributed by atoms with Crippen molar-refractivity contribution in [2.75, 3.05) is 13.7 Å². The molecule has 0 radical (unpaired) electrons. The van der Waals surface area contributed by atoms with E-state index in [-0.39, 0.29) is 18.8 Å². The Morgan fingerprint density at radius 1 is 1.20 bits per heavy atom. The molecule has 2 saturated heterocycles. The van der Waals surface area contributed by atoms with E-state index in [2.05, 4.69) is 0 Å². The van der Waals surface area contributed by atoms with E-state index < -0.39 is 17.7 Å². The van der Waals surface area contributed by atoms with Gasteiger partial charge in [0, 0.05) is 7.11 Å². The third-order valence-electron chi connectivity index (χ3n) is 2.93. The quantitative estimate of drug-likeness (QED) is 0.720. The molecule has 0 spiro atoms. The maximum absolute atomic E-state index is 9.34. The van der Waals surface area contributed by atoms with Crippen LogP contribution >= 0.6 is 0 Å². The molecule has 0 saturated carbocycles. The predicted molar refractivity (Wildman–Crippen MR) is 51.2 cm³/mol. The van der Waals surface area contributed by atoms with Gasteiger partial charge in [0.25, 0.3) is 0 Å². The fourth-order valence-corrected chi connectivity index (χ4v) is 2.17. The molecule has 2 rings (SSSR count). The molecule has 0 amide bonds. The van der Waals surface area contributed by atoms with Crippen LogP contribution in [0.1, 0.15) is 20.8 Å². The number of ether oxygens (including phenoxy) is 4. The molecule has 15 heavy (non-hydrogen) atoms. The summed E-state index contributed by atoms with van der Waals surface area (Å²) in [5.41, 5.74) is -0.751. The number of aliphatic hydroxyl groups excluding tert-OH is 1. The van der Waals surface area contributed by atoms with Gasteiger partial charge in [-0.3, -0.25) is 0 Å². The lowest BCUT2D eigenvalue weighted by atomic mass is 9.99. The Balaban J connectivity index is 2.23. The molecule has 5 heteroatoms. The number of aliphatic hydroxyl groups is 1. The molecule has 0 aromatic heterocycles. The van der Waals surface area contributed by atoms with Crippen molar-refractivity contribution in [3.05, 3.63) is 0 Å². The first-order valence-electron chi connectivity index (χ1n) is 5.09. The van der Waals surface area contributed by atoms with Gasteiger partial charge < -0.3 is 24.1 Å². The maximum atomic E-state index is 9.34. The van der Waals surface area contributed by atoms with Gasteiger partial charge in [-0.15, -0.1) is 0 Å². The lowest BCUT2D eigenvalue weighted by Gasteiger charge is -2.29. The molecule has 5 nitrogen and oxygen atoms in total. The zero-order valence-corrected chi connectivity index (χ0v) is 9.52. The summed E-state index contributed by atoms with van der Waals surface area (Å²) in [6.45, 7) is 5.37. The fraction of sp³-hybridized carbons (Fsp3) is 1.00. The lowest BCUT2D eigenvalue weighted by molar-refractivity contribution is -0.252. The number of methoxy groups -OCH3 is 1. The van der Waals surface area contributed by atoms with Crippen molar-refractivity contribution < 1.29 is 24.1 Å². The van der Waals surface area contributed by atoms with Crippen LogP contribution in [-0.2, 0) is 18.9 Å². The first-order chi connectivity index (χ1) is 6.92. The zero-order chi connectivity index (χ0) is 11.3. The van der Waals surface area contributed by atoms with E-state index in [0.717, 1.165) is 0 Å². The van der Waals surface area contributed by atoms with Crippen LogP contribution in [0.3, 0.4) is 0 Å². The predicted octanol–water partition coefficient (Wildman–Crippen LogP) is 0.260. The molecule has 2 fully saturated rings. The third-order valence-corrected chi connectivity index (χ3v) is 2.93.